The van der Waals surface area contributed by atoms with Gasteiger partial charge in [-0.15, -0.1) is 0 Å². The highest BCUT2D eigenvalue weighted by atomic mass is 16.3. The standard InChI is InChI=1S/C13H27N3O2/c14-6-3-1-2-5-13(18)16-8-4-7-15(9-10-16)11-12-17/h17H,1-12,14H2. The van der Waals surface area contributed by atoms with Gasteiger partial charge in [-0.3, -0.25) is 9.69 Å². The molecule has 1 amide bonds. The molecule has 1 rings (SSSR count). The molecule has 1 heterocycles. The van der Waals surface area contributed by atoms with Crippen LogP contribution >= 0.6 is 0 Å². The van der Waals surface area contributed by atoms with E-state index < -0.39 is 0 Å². The van der Waals surface area contributed by atoms with Crippen LogP contribution in [0.5, 0.6) is 0 Å². The Morgan fingerprint density at radius 3 is 2.67 bits per heavy atom. The van der Waals surface area contributed by atoms with Gasteiger partial charge < -0.3 is 15.7 Å². The molecule has 106 valence electrons. The molecule has 1 aliphatic heterocycles. The van der Waals surface area contributed by atoms with Crippen LogP contribution in [0.25, 0.3) is 0 Å². The van der Waals surface area contributed by atoms with E-state index in [0.29, 0.717) is 13.0 Å². The van der Waals surface area contributed by atoms with Gasteiger partial charge in [0.25, 0.3) is 0 Å². The molecule has 0 aromatic rings. The number of aliphatic hydroxyl groups excluding tert-OH is 1. The quantitative estimate of drug-likeness (QED) is 0.631. The van der Waals surface area contributed by atoms with Gasteiger partial charge in [-0.05, 0) is 32.4 Å². The summed E-state index contributed by atoms with van der Waals surface area (Å²) in [6.45, 7) is 5.17. The van der Waals surface area contributed by atoms with Crippen molar-refractivity contribution in [3.63, 3.8) is 0 Å². The molecule has 5 heteroatoms. The van der Waals surface area contributed by atoms with Crippen LogP contribution in [0.4, 0.5) is 0 Å². The van der Waals surface area contributed by atoms with E-state index in [4.69, 9.17) is 10.8 Å². The average molecular weight is 257 g/mol. The molecule has 1 saturated heterocycles. The summed E-state index contributed by atoms with van der Waals surface area (Å²) < 4.78 is 0. The van der Waals surface area contributed by atoms with Gasteiger partial charge in [0.1, 0.15) is 0 Å². The van der Waals surface area contributed by atoms with E-state index >= 15 is 0 Å². The number of rotatable bonds is 7. The molecule has 0 bridgehead atoms. The van der Waals surface area contributed by atoms with Crippen molar-refractivity contribution >= 4 is 5.91 Å². The van der Waals surface area contributed by atoms with Crippen LogP contribution in [0.1, 0.15) is 32.1 Å². The molecule has 0 aromatic carbocycles. The van der Waals surface area contributed by atoms with Crippen LogP contribution in [0.15, 0.2) is 0 Å². The third kappa shape index (κ3) is 5.80. The lowest BCUT2D eigenvalue weighted by molar-refractivity contribution is -0.131. The van der Waals surface area contributed by atoms with E-state index in [1.165, 1.54) is 0 Å². The van der Waals surface area contributed by atoms with E-state index in [1.807, 2.05) is 4.90 Å². The first-order valence-corrected chi connectivity index (χ1v) is 7.09. The van der Waals surface area contributed by atoms with Crippen LogP contribution < -0.4 is 5.73 Å². The van der Waals surface area contributed by atoms with Crippen molar-refractivity contribution in [2.24, 2.45) is 5.73 Å². The molecular formula is C13H27N3O2. The SMILES string of the molecule is NCCCCCC(=O)N1CCCN(CCO)CC1. The van der Waals surface area contributed by atoms with Crippen molar-refractivity contribution < 1.29 is 9.90 Å². The topological polar surface area (TPSA) is 69.8 Å². The van der Waals surface area contributed by atoms with Crippen LogP contribution in [0.2, 0.25) is 0 Å². The Labute approximate surface area is 110 Å². The lowest BCUT2D eigenvalue weighted by Crippen LogP contribution is -2.35. The summed E-state index contributed by atoms with van der Waals surface area (Å²) >= 11 is 0. The Bertz CT molecular complexity index is 236. The Morgan fingerprint density at radius 1 is 1.11 bits per heavy atom. The second-order valence-electron chi connectivity index (χ2n) is 4.90. The van der Waals surface area contributed by atoms with Crippen LogP contribution in [0.3, 0.4) is 0 Å². The van der Waals surface area contributed by atoms with Crippen molar-refractivity contribution in [2.75, 3.05) is 45.9 Å². The molecule has 3 N–H and O–H groups in total. The number of nitrogens with zero attached hydrogens (tertiary/aromatic N) is 2. The van der Waals surface area contributed by atoms with E-state index in [1.54, 1.807) is 0 Å². The van der Waals surface area contributed by atoms with Gasteiger partial charge in [0.05, 0.1) is 6.61 Å². The van der Waals surface area contributed by atoms with Gasteiger partial charge in [0.15, 0.2) is 0 Å². The zero-order valence-electron chi connectivity index (χ0n) is 11.3. The number of unbranched alkanes of at least 4 members (excludes halogenated alkanes) is 2. The van der Waals surface area contributed by atoms with Crippen molar-refractivity contribution in [1.82, 2.24) is 9.80 Å². The van der Waals surface area contributed by atoms with E-state index in [9.17, 15) is 4.79 Å². The summed E-state index contributed by atoms with van der Waals surface area (Å²) in [4.78, 5) is 16.2. The van der Waals surface area contributed by atoms with Crippen molar-refractivity contribution in [3.8, 4) is 0 Å². The number of aliphatic hydroxyl groups is 1. The number of nitrogens with two attached hydrogens (primary N) is 1. The number of carbonyl (C=O) groups excluding carboxylic acids is 1. The highest BCUT2D eigenvalue weighted by Crippen LogP contribution is 2.07. The Morgan fingerprint density at radius 2 is 1.94 bits per heavy atom. The molecule has 1 fully saturated rings. The highest BCUT2D eigenvalue weighted by Gasteiger charge is 2.18. The summed E-state index contributed by atoms with van der Waals surface area (Å²) in [7, 11) is 0. The minimum Gasteiger partial charge on any atom is -0.395 e. The second-order valence-corrected chi connectivity index (χ2v) is 4.90. The van der Waals surface area contributed by atoms with Crippen LogP contribution in [-0.4, -0.2) is 66.7 Å². The molecular weight excluding hydrogens is 230 g/mol. The third-order valence-corrected chi connectivity index (χ3v) is 3.45. The number of amides is 1. The Hall–Kier alpha value is -0.650. The van der Waals surface area contributed by atoms with E-state index in [2.05, 4.69) is 4.90 Å². The average Bonchev–Trinajstić information content (AvgIpc) is 2.61. The van der Waals surface area contributed by atoms with Crippen LogP contribution in [0, 0.1) is 0 Å². The monoisotopic (exact) mass is 257 g/mol. The third-order valence-electron chi connectivity index (χ3n) is 3.45. The summed E-state index contributed by atoms with van der Waals surface area (Å²) in [5, 5.41) is 8.92. The molecule has 0 spiro atoms. The number of hydrogen-bond acceptors (Lipinski definition) is 4. The van der Waals surface area contributed by atoms with Gasteiger partial charge in [0.2, 0.25) is 5.91 Å². The fourth-order valence-corrected chi connectivity index (χ4v) is 2.34. The van der Waals surface area contributed by atoms with Gasteiger partial charge >= 0.3 is 0 Å². The smallest absolute Gasteiger partial charge is 0.222 e. The largest absolute Gasteiger partial charge is 0.395 e. The first-order chi connectivity index (χ1) is 8.77. The Kier molecular flexibility index (Phi) is 7.96. The van der Waals surface area contributed by atoms with Gasteiger partial charge in [0, 0.05) is 32.6 Å². The van der Waals surface area contributed by atoms with Gasteiger partial charge in [-0.1, -0.05) is 6.42 Å². The van der Waals surface area contributed by atoms with Crippen molar-refractivity contribution in [3.05, 3.63) is 0 Å². The minimum absolute atomic E-state index is 0.201. The summed E-state index contributed by atoms with van der Waals surface area (Å²) in [6, 6.07) is 0. The lowest BCUT2D eigenvalue weighted by Gasteiger charge is -2.21. The molecule has 1 aliphatic rings. The molecule has 0 saturated carbocycles. The summed E-state index contributed by atoms with van der Waals surface area (Å²) in [6.07, 6.45) is 4.67. The molecule has 0 atom stereocenters. The first kappa shape index (κ1) is 15.4. The Balaban J connectivity index is 2.22. The molecule has 5 nitrogen and oxygen atoms in total. The summed E-state index contributed by atoms with van der Waals surface area (Å²) in [5.74, 6) is 0.276. The first-order valence-electron chi connectivity index (χ1n) is 7.09. The molecule has 0 aliphatic carbocycles. The predicted molar refractivity (Wildman–Crippen MR) is 72.2 cm³/mol. The predicted octanol–water partition coefficient (Wildman–Crippen LogP) is 0.0321. The number of hydrogen-bond donors (Lipinski definition) is 2. The normalized spacial score (nSPS) is 17.8. The highest BCUT2D eigenvalue weighted by molar-refractivity contribution is 5.76. The molecule has 0 unspecified atom stereocenters. The molecule has 0 radical (unpaired) electrons. The van der Waals surface area contributed by atoms with E-state index in [0.717, 1.165) is 58.4 Å². The van der Waals surface area contributed by atoms with Crippen LogP contribution in [-0.2, 0) is 4.79 Å². The fourth-order valence-electron chi connectivity index (χ4n) is 2.34. The number of carbonyl (C=O) groups is 1. The van der Waals surface area contributed by atoms with Gasteiger partial charge in [-0.2, -0.15) is 0 Å². The summed E-state index contributed by atoms with van der Waals surface area (Å²) in [5.41, 5.74) is 5.43. The fraction of sp³-hybridized carbons (Fsp3) is 0.923. The maximum atomic E-state index is 12.0. The van der Waals surface area contributed by atoms with Crippen molar-refractivity contribution in [1.29, 1.82) is 0 Å². The maximum Gasteiger partial charge on any atom is 0.222 e. The maximum absolute atomic E-state index is 12.0. The van der Waals surface area contributed by atoms with Gasteiger partial charge in [-0.25, -0.2) is 0 Å². The zero-order chi connectivity index (χ0) is 13.2. The van der Waals surface area contributed by atoms with Crippen molar-refractivity contribution in [2.45, 2.75) is 32.1 Å². The zero-order valence-corrected chi connectivity index (χ0v) is 11.3. The lowest BCUT2D eigenvalue weighted by atomic mass is 10.2. The molecule has 18 heavy (non-hydrogen) atoms. The van der Waals surface area contributed by atoms with E-state index in [-0.39, 0.29) is 12.5 Å². The minimum atomic E-state index is 0.201. The molecule has 0 aromatic heterocycles. The second kappa shape index (κ2) is 9.30. The number of β-amino-alcohol motifs (C(OH)–C–C–N with tert-alkyl or cyclic N) is 1.